The van der Waals surface area contributed by atoms with Gasteiger partial charge in [0.05, 0.1) is 12.3 Å². The van der Waals surface area contributed by atoms with Crippen LogP contribution in [0.2, 0.25) is 0 Å². The highest BCUT2D eigenvalue weighted by Gasteiger charge is 2.02. The summed E-state index contributed by atoms with van der Waals surface area (Å²) in [5, 5.41) is 7.29. The van der Waals surface area contributed by atoms with Gasteiger partial charge < -0.3 is 10.1 Å². The molecule has 1 N–H and O–H groups in total. The maximum absolute atomic E-state index is 5.62. The molecule has 4 nitrogen and oxygen atoms in total. The zero-order chi connectivity index (χ0) is 13.5. The number of rotatable bonds is 7. The Labute approximate surface area is 114 Å². The average Bonchev–Trinajstić information content (AvgIpc) is 2.86. The van der Waals surface area contributed by atoms with Crippen molar-refractivity contribution >= 4 is 0 Å². The summed E-state index contributed by atoms with van der Waals surface area (Å²) in [6.45, 7) is 2.47. The van der Waals surface area contributed by atoms with Crippen LogP contribution in [0.1, 0.15) is 12.0 Å². The van der Waals surface area contributed by atoms with E-state index in [1.807, 2.05) is 31.0 Å². The number of nitrogens with zero attached hydrogens (tertiary/aromatic N) is 2. The summed E-state index contributed by atoms with van der Waals surface area (Å²) in [7, 11) is 3.91. The predicted molar refractivity (Wildman–Crippen MR) is 76.8 cm³/mol. The maximum Gasteiger partial charge on any atom is 0.0716 e. The van der Waals surface area contributed by atoms with E-state index in [1.165, 1.54) is 11.1 Å². The molecule has 0 radical (unpaired) electrons. The number of ether oxygens (including phenoxy) is 1. The van der Waals surface area contributed by atoms with Gasteiger partial charge in [-0.3, -0.25) is 4.68 Å². The summed E-state index contributed by atoms with van der Waals surface area (Å²) in [5.41, 5.74) is 3.51. The number of hydrogen-bond donors (Lipinski definition) is 1. The molecule has 1 aromatic carbocycles. The molecule has 1 aromatic heterocycles. The third-order valence-corrected chi connectivity index (χ3v) is 3.05. The van der Waals surface area contributed by atoms with Crippen molar-refractivity contribution < 1.29 is 4.74 Å². The van der Waals surface area contributed by atoms with Crippen LogP contribution in [0.3, 0.4) is 0 Å². The van der Waals surface area contributed by atoms with Crippen molar-refractivity contribution in [2.75, 3.05) is 20.2 Å². The van der Waals surface area contributed by atoms with E-state index in [4.69, 9.17) is 4.74 Å². The molecule has 0 aliphatic heterocycles. The molecular formula is C15H21N3O. The Morgan fingerprint density at radius 1 is 1.21 bits per heavy atom. The van der Waals surface area contributed by atoms with Gasteiger partial charge in [0.2, 0.25) is 0 Å². The third kappa shape index (κ3) is 3.91. The average molecular weight is 259 g/mol. The lowest BCUT2D eigenvalue weighted by Crippen LogP contribution is -2.10. The molecule has 0 fully saturated rings. The van der Waals surface area contributed by atoms with E-state index >= 15 is 0 Å². The summed E-state index contributed by atoms with van der Waals surface area (Å²) in [6.07, 6.45) is 2.86. The van der Waals surface area contributed by atoms with Crippen LogP contribution in [-0.4, -0.2) is 30.0 Å². The normalized spacial score (nSPS) is 10.8. The Kier molecular flexibility index (Phi) is 5.12. The van der Waals surface area contributed by atoms with Crippen LogP contribution < -0.4 is 5.32 Å². The number of nitrogens with one attached hydrogen (secondary N) is 1. The van der Waals surface area contributed by atoms with Crippen LogP contribution in [0.4, 0.5) is 0 Å². The predicted octanol–water partition coefficient (Wildman–Crippen LogP) is 2.21. The van der Waals surface area contributed by atoms with Crippen LogP contribution in [0.5, 0.6) is 0 Å². The van der Waals surface area contributed by atoms with E-state index in [2.05, 4.69) is 34.7 Å². The molecule has 0 spiro atoms. The highest BCUT2D eigenvalue weighted by molar-refractivity contribution is 5.59. The molecule has 19 heavy (non-hydrogen) atoms. The minimum atomic E-state index is 0.676. The summed E-state index contributed by atoms with van der Waals surface area (Å²) in [6, 6.07) is 10.5. The van der Waals surface area contributed by atoms with Crippen LogP contribution in [0, 0.1) is 0 Å². The number of aryl methyl sites for hydroxylation is 1. The Morgan fingerprint density at radius 3 is 2.63 bits per heavy atom. The first kappa shape index (κ1) is 13.8. The second-order valence-corrected chi connectivity index (χ2v) is 4.55. The molecule has 0 saturated carbocycles. The van der Waals surface area contributed by atoms with Crippen LogP contribution >= 0.6 is 0 Å². The fraction of sp³-hybridized carbons (Fsp3) is 0.400. The molecule has 4 heteroatoms. The van der Waals surface area contributed by atoms with Crippen LogP contribution in [0.25, 0.3) is 11.3 Å². The van der Waals surface area contributed by atoms with Gasteiger partial charge in [0.15, 0.2) is 0 Å². The summed E-state index contributed by atoms with van der Waals surface area (Å²) >= 11 is 0. The quantitative estimate of drug-likeness (QED) is 0.775. The summed E-state index contributed by atoms with van der Waals surface area (Å²) in [5.74, 6) is 0. The second kappa shape index (κ2) is 7.07. The van der Waals surface area contributed by atoms with Gasteiger partial charge in [-0.15, -0.1) is 0 Å². The first-order chi connectivity index (χ1) is 9.31. The number of hydrogen-bond acceptors (Lipinski definition) is 3. The lowest BCUT2D eigenvalue weighted by molar-refractivity contribution is 0.119. The molecule has 1 heterocycles. The first-order valence-corrected chi connectivity index (χ1v) is 6.61. The zero-order valence-electron chi connectivity index (χ0n) is 11.6. The van der Waals surface area contributed by atoms with Gasteiger partial charge in [-0.1, -0.05) is 24.3 Å². The fourth-order valence-electron chi connectivity index (χ4n) is 1.97. The molecule has 2 rings (SSSR count). The van der Waals surface area contributed by atoms with E-state index in [0.717, 1.165) is 25.3 Å². The molecule has 2 aromatic rings. The van der Waals surface area contributed by atoms with E-state index in [0.29, 0.717) is 6.61 Å². The smallest absolute Gasteiger partial charge is 0.0716 e. The molecule has 0 unspecified atom stereocenters. The van der Waals surface area contributed by atoms with Crippen LogP contribution in [-0.2, 0) is 18.4 Å². The van der Waals surface area contributed by atoms with Gasteiger partial charge in [0.25, 0.3) is 0 Å². The lowest BCUT2D eigenvalue weighted by atomic mass is 10.1. The molecule has 0 aliphatic carbocycles. The van der Waals surface area contributed by atoms with E-state index in [1.54, 1.807) is 0 Å². The minimum absolute atomic E-state index is 0.676. The Morgan fingerprint density at radius 2 is 2.00 bits per heavy atom. The standard InChI is InChI=1S/C15H21N3O/c1-16-9-3-11-19-12-13-4-6-14(7-5-13)15-8-10-17-18(15)2/h4-8,10,16H,3,9,11-12H2,1-2H3. The van der Waals surface area contributed by atoms with Crippen molar-refractivity contribution in [3.05, 3.63) is 42.1 Å². The highest BCUT2D eigenvalue weighted by Crippen LogP contribution is 2.18. The van der Waals surface area contributed by atoms with Crippen LogP contribution in [0.15, 0.2) is 36.5 Å². The monoisotopic (exact) mass is 259 g/mol. The van der Waals surface area contributed by atoms with Gasteiger partial charge in [0.1, 0.15) is 0 Å². The molecule has 0 bridgehead atoms. The number of benzene rings is 1. The molecular weight excluding hydrogens is 238 g/mol. The first-order valence-electron chi connectivity index (χ1n) is 6.61. The Hall–Kier alpha value is -1.65. The second-order valence-electron chi connectivity index (χ2n) is 4.55. The van der Waals surface area contributed by atoms with Crippen molar-refractivity contribution in [3.63, 3.8) is 0 Å². The van der Waals surface area contributed by atoms with E-state index < -0.39 is 0 Å². The molecule has 0 amide bonds. The van der Waals surface area contributed by atoms with Gasteiger partial charge in [-0.05, 0) is 37.2 Å². The van der Waals surface area contributed by atoms with Crippen molar-refractivity contribution in [2.45, 2.75) is 13.0 Å². The third-order valence-electron chi connectivity index (χ3n) is 3.05. The van der Waals surface area contributed by atoms with Crippen molar-refractivity contribution in [3.8, 4) is 11.3 Å². The van der Waals surface area contributed by atoms with E-state index in [-0.39, 0.29) is 0 Å². The van der Waals surface area contributed by atoms with E-state index in [9.17, 15) is 0 Å². The topological polar surface area (TPSA) is 39.1 Å². The van der Waals surface area contributed by atoms with Gasteiger partial charge in [-0.25, -0.2) is 0 Å². The Bertz CT molecular complexity index is 490. The molecule has 0 atom stereocenters. The van der Waals surface area contributed by atoms with Gasteiger partial charge in [-0.2, -0.15) is 5.10 Å². The molecule has 102 valence electrons. The van der Waals surface area contributed by atoms with Crippen molar-refractivity contribution in [2.24, 2.45) is 7.05 Å². The van der Waals surface area contributed by atoms with Crippen molar-refractivity contribution in [1.29, 1.82) is 0 Å². The zero-order valence-corrected chi connectivity index (χ0v) is 11.6. The Balaban J connectivity index is 1.87. The lowest BCUT2D eigenvalue weighted by Gasteiger charge is -2.06. The maximum atomic E-state index is 5.62. The summed E-state index contributed by atoms with van der Waals surface area (Å²) < 4.78 is 7.50. The van der Waals surface area contributed by atoms with Gasteiger partial charge in [0, 0.05) is 19.9 Å². The largest absolute Gasteiger partial charge is 0.377 e. The summed E-state index contributed by atoms with van der Waals surface area (Å²) in [4.78, 5) is 0. The van der Waals surface area contributed by atoms with Gasteiger partial charge >= 0.3 is 0 Å². The highest BCUT2D eigenvalue weighted by atomic mass is 16.5. The minimum Gasteiger partial charge on any atom is -0.377 e. The van der Waals surface area contributed by atoms with Crippen molar-refractivity contribution in [1.82, 2.24) is 15.1 Å². The number of aromatic nitrogens is 2. The SMILES string of the molecule is CNCCCOCc1ccc(-c2ccnn2C)cc1. The molecule has 0 saturated heterocycles. The molecule has 0 aliphatic rings. The fourth-order valence-corrected chi connectivity index (χ4v) is 1.97.